The van der Waals surface area contributed by atoms with Gasteiger partial charge in [0.25, 0.3) is 5.91 Å². The molecule has 3 rings (SSSR count). The Morgan fingerprint density at radius 3 is 2.54 bits per heavy atom. The Labute approximate surface area is 153 Å². The van der Waals surface area contributed by atoms with Gasteiger partial charge in [0.1, 0.15) is 29.5 Å². The summed E-state index contributed by atoms with van der Waals surface area (Å²) in [4.78, 5) is 20.2. The van der Waals surface area contributed by atoms with Gasteiger partial charge in [0, 0.05) is 18.3 Å². The van der Waals surface area contributed by atoms with Gasteiger partial charge < -0.3 is 10.6 Å². The summed E-state index contributed by atoms with van der Waals surface area (Å²) in [5.41, 5.74) is 1.33. The number of hydrogen-bond acceptors (Lipinski definition) is 4. The van der Waals surface area contributed by atoms with E-state index < -0.39 is 11.7 Å². The maximum Gasteiger partial charge on any atom is 0.274 e. The highest BCUT2D eigenvalue weighted by atomic mass is 35.5. The van der Waals surface area contributed by atoms with Crippen LogP contribution in [0.25, 0.3) is 0 Å². The van der Waals surface area contributed by atoms with E-state index in [1.807, 2.05) is 0 Å². The minimum Gasteiger partial charge on any atom is -0.366 e. The molecule has 8 heteroatoms. The van der Waals surface area contributed by atoms with E-state index in [0.29, 0.717) is 18.1 Å². The lowest BCUT2D eigenvalue weighted by Crippen LogP contribution is -2.14. The predicted octanol–water partition coefficient (Wildman–Crippen LogP) is 4.27. The van der Waals surface area contributed by atoms with Crippen LogP contribution in [0.5, 0.6) is 0 Å². The van der Waals surface area contributed by atoms with Crippen molar-refractivity contribution < 1.29 is 13.6 Å². The number of anilines is 2. The van der Waals surface area contributed by atoms with E-state index in [2.05, 4.69) is 20.6 Å². The molecular weight excluding hydrogens is 362 g/mol. The monoisotopic (exact) mass is 374 g/mol. The molecule has 5 nitrogen and oxygen atoms in total. The minimum absolute atomic E-state index is 0.0906. The van der Waals surface area contributed by atoms with Crippen molar-refractivity contribution in [1.29, 1.82) is 0 Å². The highest BCUT2D eigenvalue weighted by Gasteiger charge is 2.10. The Bertz CT molecular complexity index is 935. The Balaban J connectivity index is 1.66. The summed E-state index contributed by atoms with van der Waals surface area (Å²) in [6, 6.07) is 11.4. The van der Waals surface area contributed by atoms with Gasteiger partial charge in [-0.1, -0.05) is 23.7 Å². The molecule has 0 atom stereocenters. The number of amides is 1. The molecule has 3 aromatic rings. The highest BCUT2D eigenvalue weighted by Crippen LogP contribution is 2.20. The van der Waals surface area contributed by atoms with Crippen molar-refractivity contribution in [3.8, 4) is 0 Å². The number of nitrogens with zero attached hydrogens (tertiary/aromatic N) is 2. The number of benzene rings is 2. The normalized spacial score (nSPS) is 10.4. The van der Waals surface area contributed by atoms with E-state index in [4.69, 9.17) is 11.6 Å². The van der Waals surface area contributed by atoms with Gasteiger partial charge in [0.2, 0.25) is 0 Å². The highest BCUT2D eigenvalue weighted by molar-refractivity contribution is 6.31. The molecule has 26 heavy (non-hydrogen) atoms. The van der Waals surface area contributed by atoms with Crippen LogP contribution in [0.2, 0.25) is 5.02 Å². The van der Waals surface area contributed by atoms with E-state index in [1.54, 1.807) is 12.1 Å². The van der Waals surface area contributed by atoms with Crippen LogP contribution in [0.4, 0.5) is 20.3 Å². The SMILES string of the molecule is O=C(Nc1ccc(F)c(Cl)c1)c1cc(NCc2ccc(F)cc2)ncn1. The number of rotatable bonds is 5. The fourth-order valence-corrected chi connectivity index (χ4v) is 2.32. The second kappa shape index (κ2) is 7.88. The number of hydrogen-bond donors (Lipinski definition) is 2. The third-order valence-electron chi connectivity index (χ3n) is 3.46. The van der Waals surface area contributed by atoms with Crippen LogP contribution >= 0.6 is 11.6 Å². The van der Waals surface area contributed by atoms with Crippen LogP contribution in [0.3, 0.4) is 0 Å². The topological polar surface area (TPSA) is 66.9 Å². The predicted molar refractivity (Wildman–Crippen MR) is 95.1 cm³/mol. The zero-order chi connectivity index (χ0) is 18.5. The molecule has 132 valence electrons. The summed E-state index contributed by atoms with van der Waals surface area (Å²) in [5, 5.41) is 5.52. The molecule has 0 fully saturated rings. The number of carbonyl (C=O) groups is 1. The Morgan fingerprint density at radius 2 is 1.81 bits per heavy atom. The lowest BCUT2D eigenvalue weighted by Gasteiger charge is -2.08. The quantitative estimate of drug-likeness (QED) is 0.699. The zero-order valence-electron chi connectivity index (χ0n) is 13.3. The largest absolute Gasteiger partial charge is 0.366 e. The van der Waals surface area contributed by atoms with Crippen LogP contribution in [0.1, 0.15) is 16.1 Å². The lowest BCUT2D eigenvalue weighted by molar-refractivity contribution is 0.102. The smallest absolute Gasteiger partial charge is 0.274 e. The van der Waals surface area contributed by atoms with Gasteiger partial charge in [-0.05, 0) is 35.9 Å². The molecule has 0 spiro atoms. The summed E-state index contributed by atoms with van der Waals surface area (Å²) in [6.45, 7) is 0.409. The van der Waals surface area contributed by atoms with Crippen molar-refractivity contribution in [3.63, 3.8) is 0 Å². The fraction of sp³-hybridized carbons (Fsp3) is 0.0556. The molecule has 2 aromatic carbocycles. The van der Waals surface area contributed by atoms with Crippen molar-refractivity contribution in [1.82, 2.24) is 9.97 Å². The van der Waals surface area contributed by atoms with Gasteiger partial charge in [-0.3, -0.25) is 4.79 Å². The third kappa shape index (κ3) is 4.52. The standard InChI is InChI=1S/C18H13ClF2N4O/c19-14-7-13(5-6-15(14)21)25-18(26)16-8-17(24-10-23-16)22-9-11-1-3-12(20)4-2-11/h1-8,10H,9H2,(H,25,26)(H,22,23,24). The summed E-state index contributed by atoms with van der Waals surface area (Å²) in [5.74, 6) is -0.929. The fourth-order valence-electron chi connectivity index (χ4n) is 2.14. The second-order valence-electron chi connectivity index (χ2n) is 5.35. The third-order valence-corrected chi connectivity index (χ3v) is 3.75. The van der Waals surface area contributed by atoms with Crippen molar-refractivity contribution in [2.75, 3.05) is 10.6 Å². The van der Waals surface area contributed by atoms with Crippen LogP contribution in [-0.4, -0.2) is 15.9 Å². The first-order valence-corrected chi connectivity index (χ1v) is 7.96. The molecule has 1 aromatic heterocycles. The number of carbonyl (C=O) groups excluding carboxylic acids is 1. The summed E-state index contributed by atoms with van der Waals surface area (Å²) in [6.07, 6.45) is 1.25. The number of nitrogens with one attached hydrogen (secondary N) is 2. The maximum absolute atomic E-state index is 13.2. The van der Waals surface area contributed by atoms with E-state index in [9.17, 15) is 13.6 Å². The first-order chi connectivity index (χ1) is 12.5. The van der Waals surface area contributed by atoms with Gasteiger partial charge in [0.15, 0.2) is 0 Å². The molecule has 0 radical (unpaired) electrons. The molecule has 1 amide bonds. The Hall–Kier alpha value is -3.06. The first kappa shape index (κ1) is 17.8. The minimum atomic E-state index is -0.570. The lowest BCUT2D eigenvalue weighted by atomic mass is 10.2. The molecule has 0 saturated heterocycles. The zero-order valence-corrected chi connectivity index (χ0v) is 14.1. The van der Waals surface area contributed by atoms with Crippen LogP contribution in [0.15, 0.2) is 54.9 Å². The Kier molecular flexibility index (Phi) is 5.38. The molecule has 0 aliphatic carbocycles. The molecular formula is C18H13ClF2N4O. The number of aromatic nitrogens is 2. The molecule has 0 bridgehead atoms. The Morgan fingerprint density at radius 1 is 1.04 bits per heavy atom. The van der Waals surface area contributed by atoms with Crippen molar-refractivity contribution in [2.45, 2.75) is 6.54 Å². The molecule has 0 unspecified atom stereocenters. The maximum atomic E-state index is 13.2. The van der Waals surface area contributed by atoms with Gasteiger partial charge in [-0.2, -0.15) is 0 Å². The van der Waals surface area contributed by atoms with E-state index in [0.717, 1.165) is 11.6 Å². The van der Waals surface area contributed by atoms with Gasteiger partial charge in [0.05, 0.1) is 5.02 Å². The molecule has 0 aliphatic heterocycles. The number of halogens is 3. The summed E-state index contributed by atoms with van der Waals surface area (Å²) >= 11 is 5.69. The van der Waals surface area contributed by atoms with Crippen molar-refractivity contribution in [2.24, 2.45) is 0 Å². The van der Waals surface area contributed by atoms with E-state index in [-0.39, 0.29) is 16.5 Å². The average Bonchev–Trinajstić information content (AvgIpc) is 2.64. The summed E-state index contributed by atoms with van der Waals surface area (Å²) in [7, 11) is 0. The van der Waals surface area contributed by atoms with Gasteiger partial charge >= 0.3 is 0 Å². The van der Waals surface area contributed by atoms with Crippen LogP contribution in [0, 0.1) is 11.6 Å². The second-order valence-corrected chi connectivity index (χ2v) is 5.76. The average molecular weight is 375 g/mol. The van der Waals surface area contributed by atoms with Crippen LogP contribution < -0.4 is 10.6 Å². The van der Waals surface area contributed by atoms with Gasteiger partial charge in [-0.25, -0.2) is 18.7 Å². The molecule has 1 heterocycles. The van der Waals surface area contributed by atoms with Crippen LogP contribution in [-0.2, 0) is 6.54 Å². The van der Waals surface area contributed by atoms with Crippen molar-refractivity contribution in [3.05, 3.63) is 82.8 Å². The molecule has 0 saturated carbocycles. The van der Waals surface area contributed by atoms with Crippen molar-refractivity contribution >= 4 is 29.0 Å². The van der Waals surface area contributed by atoms with E-state index in [1.165, 1.54) is 36.7 Å². The molecule has 2 N–H and O–H groups in total. The van der Waals surface area contributed by atoms with Gasteiger partial charge in [-0.15, -0.1) is 0 Å². The first-order valence-electron chi connectivity index (χ1n) is 7.58. The molecule has 0 aliphatic rings. The summed E-state index contributed by atoms with van der Waals surface area (Å²) < 4.78 is 26.1. The van der Waals surface area contributed by atoms with E-state index >= 15 is 0 Å².